The first kappa shape index (κ1) is 14.0. The number of rotatable bonds is 4. The van der Waals surface area contributed by atoms with Gasteiger partial charge in [-0.3, -0.25) is 0 Å². The lowest BCUT2D eigenvalue weighted by Crippen LogP contribution is -1.93. The van der Waals surface area contributed by atoms with E-state index in [1.807, 2.05) is 42.5 Å². The van der Waals surface area contributed by atoms with Crippen LogP contribution in [-0.4, -0.2) is 5.16 Å². The van der Waals surface area contributed by atoms with E-state index in [-0.39, 0.29) is 6.61 Å². The monoisotopic (exact) mass is 319 g/mol. The molecule has 5 heteroatoms. The van der Waals surface area contributed by atoms with Gasteiger partial charge in [-0.1, -0.05) is 52.6 Å². The number of benzene rings is 2. The maximum absolute atomic E-state index is 6.02. The Hall–Kier alpha value is -1.97. The van der Waals surface area contributed by atoms with E-state index in [0.717, 1.165) is 11.3 Å². The van der Waals surface area contributed by atoms with E-state index in [4.69, 9.17) is 32.5 Å². The molecule has 21 heavy (non-hydrogen) atoms. The van der Waals surface area contributed by atoms with Crippen LogP contribution in [0.1, 0.15) is 5.76 Å². The fourth-order valence-corrected chi connectivity index (χ4v) is 2.16. The third kappa shape index (κ3) is 3.38. The Balaban J connectivity index is 1.71. The maximum atomic E-state index is 6.02. The van der Waals surface area contributed by atoms with Crippen LogP contribution < -0.4 is 4.74 Å². The van der Waals surface area contributed by atoms with Crippen LogP contribution in [0.4, 0.5) is 0 Å². The van der Waals surface area contributed by atoms with Crippen LogP contribution in [0.15, 0.2) is 59.1 Å². The summed E-state index contributed by atoms with van der Waals surface area (Å²) in [6, 6.07) is 16.5. The number of para-hydroxylation sites is 1. The minimum atomic E-state index is 0.268. The lowest BCUT2D eigenvalue weighted by Gasteiger charge is -2.04. The molecule has 0 aliphatic heterocycles. The van der Waals surface area contributed by atoms with Crippen LogP contribution in [0.3, 0.4) is 0 Å². The second-order valence-corrected chi connectivity index (χ2v) is 5.25. The van der Waals surface area contributed by atoms with Crippen molar-refractivity contribution in [2.45, 2.75) is 6.61 Å². The molecule has 0 saturated heterocycles. The fraction of sp³-hybridized carbons (Fsp3) is 0.0625. The molecule has 0 aliphatic carbocycles. The molecule has 106 valence electrons. The standard InChI is InChI=1S/C16H11Cl2NO2/c17-12-7-5-11(6-8-12)15-9-13(21-19-15)10-20-16-4-2-1-3-14(16)18/h1-9H,10H2. The number of nitrogens with zero attached hydrogens (tertiary/aromatic N) is 1. The van der Waals surface area contributed by atoms with Crippen molar-refractivity contribution in [3.63, 3.8) is 0 Å². The van der Waals surface area contributed by atoms with Crippen LogP contribution >= 0.6 is 23.2 Å². The van der Waals surface area contributed by atoms with Gasteiger partial charge in [0.2, 0.25) is 0 Å². The molecule has 0 amide bonds. The van der Waals surface area contributed by atoms with Gasteiger partial charge in [-0.05, 0) is 24.3 Å². The highest BCUT2D eigenvalue weighted by Crippen LogP contribution is 2.25. The zero-order valence-electron chi connectivity index (χ0n) is 10.9. The highest BCUT2D eigenvalue weighted by atomic mass is 35.5. The molecule has 0 bridgehead atoms. The molecule has 3 rings (SSSR count). The Morgan fingerprint density at radius 3 is 2.52 bits per heavy atom. The predicted octanol–water partition coefficient (Wildman–Crippen LogP) is 5.23. The Morgan fingerprint density at radius 2 is 1.76 bits per heavy atom. The van der Waals surface area contributed by atoms with Gasteiger partial charge in [0.25, 0.3) is 0 Å². The third-order valence-electron chi connectivity index (χ3n) is 2.91. The molecular weight excluding hydrogens is 309 g/mol. The molecule has 0 unspecified atom stereocenters. The average Bonchev–Trinajstić information content (AvgIpc) is 2.96. The molecular formula is C16H11Cl2NO2. The summed E-state index contributed by atoms with van der Waals surface area (Å²) in [4.78, 5) is 0. The van der Waals surface area contributed by atoms with E-state index < -0.39 is 0 Å². The van der Waals surface area contributed by atoms with Crippen LogP contribution in [0, 0.1) is 0 Å². The Kier molecular flexibility index (Phi) is 4.13. The smallest absolute Gasteiger partial charge is 0.174 e. The normalized spacial score (nSPS) is 10.6. The molecule has 0 spiro atoms. The highest BCUT2D eigenvalue weighted by Gasteiger charge is 2.08. The number of ether oxygens (including phenoxy) is 1. The predicted molar refractivity (Wildman–Crippen MR) is 82.7 cm³/mol. The van der Waals surface area contributed by atoms with Crippen LogP contribution in [0.25, 0.3) is 11.3 Å². The van der Waals surface area contributed by atoms with Gasteiger partial charge in [0.15, 0.2) is 5.76 Å². The van der Waals surface area contributed by atoms with Gasteiger partial charge >= 0.3 is 0 Å². The number of hydrogen-bond donors (Lipinski definition) is 0. The van der Waals surface area contributed by atoms with Gasteiger partial charge in [0, 0.05) is 16.7 Å². The largest absolute Gasteiger partial charge is 0.484 e. The molecule has 1 heterocycles. The lowest BCUT2D eigenvalue weighted by molar-refractivity contribution is 0.250. The molecule has 2 aromatic carbocycles. The minimum absolute atomic E-state index is 0.268. The van der Waals surface area contributed by atoms with Crippen LogP contribution in [0.5, 0.6) is 5.75 Å². The molecule has 0 fully saturated rings. The molecule has 0 N–H and O–H groups in total. The molecule has 0 radical (unpaired) electrons. The second-order valence-electron chi connectivity index (χ2n) is 4.40. The molecule has 0 saturated carbocycles. The maximum Gasteiger partial charge on any atom is 0.174 e. The summed E-state index contributed by atoms with van der Waals surface area (Å²) in [7, 11) is 0. The fourth-order valence-electron chi connectivity index (χ4n) is 1.85. The van der Waals surface area contributed by atoms with Gasteiger partial charge in [-0.25, -0.2) is 0 Å². The minimum Gasteiger partial charge on any atom is -0.484 e. The van der Waals surface area contributed by atoms with E-state index in [9.17, 15) is 0 Å². The lowest BCUT2D eigenvalue weighted by atomic mass is 10.1. The number of hydrogen-bond acceptors (Lipinski definition) is 3. The number of halogens is 2. The van der Waals surface area contributed by atoms with Crippen molar-refractivity contribution in [1.82, 2.24) is 5.16 Å². The van der Waals surface area contributed by atoms with Crippen molar-refractivity contribution in [2.24, 2.45) is 0 Å². The van der Waals surface area contributed by atoms with Crippen LogP contribution in [-0.2, 0) is 6.61 Å². The van der Waals surface area contributed by atoms with Gasteiger partial charge in [-0.15, -0.1) is 0 Å². The first-order valence-electron chi connectivity index (χ1n) is 6.31. The molecule has 0 aliphatic rings. The van der Waals surface area contributed by atoms with Gasteiger partial charge in [0.05, 0.1) is 5.02 Å². The first-order valence-corrected chi connectivity index (χ1v) is 7.07. The summed E-state index contributed by atoms with van der Waals surface area (Å²) < 4.78 is 10.9. The Labute approximate surface area is 132 Å². The summed E-state index contributed by atoms with van der Waals surface area (Å²) >= 11 is 11.9. The third-order valence-corrected chi connectivity index (χ3v) is 3.47. The van der Waals surface area contributed by atoms with Crippen molar-refractivity contribution < 1.29 is 9.26 Å². The van der Waals surface area contributed by atoms with Crippen molar-refractivity contribution in [1.29, 1.82) is 0 Å². The molecule has 0 atom stereocenters. The average molecular weight is 320 g/mol. The van der Waals surface area contributed by atoms with E-state index in [0.29, 0.717) is 21.6 Å². The molecule has 3 nitrogen and oxygen atoms in total. The summed E-state index contributed by atoms with van der Waals surface area (Å²) in [5.74, 6) is 1.24. The van der Waals surface area contributed by atoms with E-state index >= 15 is 0 Å². The van der Waals surface area contributed by atoms with E-state index in [1.165, 1.54) is 0 Å². The van der Waals surface area contributed by atoms with Crippen molar-refractivity contribution >= 4 is 23.2 Å². The Morgan fingerprint density at radius 1 is 1.00 bits per heavy atom. The SMILES string of the molecule is Clc1ccc(-c2cc(COc3ccccc3Cl)on2)cc1. The summed E-state index contributed by atoms with van der Waals surface area (Å²) in [5.41, 5.74) is 1.68. The summed E-state index contributed by atoms with van der Waals surface area (Å²) in [6.07, 6.45) is 0. The Bertz CT molecular complexity index is 738. The highest BCUT2D eigenvalue weighted by molar-refractivity contribution is 6.32. The quantitative estimate of drug-likeness (QED) is 0.660. The van der Waals surface area contributed by atoms with Crippen molar-refractivity contribution in [3.05, 3.63) is 70.4 Å². The van der Waals surface area contributed by atoms with Gasteiger partial charge in [-0.2, -0.15) is 0 Å². The topological polar surface area (TPSA) is 35.3 Å². The van der Waals surface area contributed by atoms with E-state index in [1.54, 1.807) is 12.1 Å². The molecule has 3 aromatic rings. The summed E-state index contributed by atoms with van der Waals surface area (Å²) in [5, 5.41) is 5.27. The van der Waals surface area contributed by atoms with Crippen molar-refractivity contribution in [3.8, 4) is 17.0 Å². The van der Waals surface area contributed by atoms with E-state index in [2.05, 4.69) is 5.16 Å². The zero-order chi connectivity index (χ0) is 14.7. The van der Waals surface area contributed by atoms with Gasteiger partial charge in [0.1, 0.15) is 18.1 Å². The first-order chi connectivity index (χ1) is 10.2. The second kappa shape index (κ2) is 6.20. The molecule has 1 aromatic heterocycles. The van der Waals surface area contributed by atoms with Crippen molar-refractivity contribution in [2.75, 3.05) is 0 Å². The summed E-state index contributed by atoms with van der Waals surface area (Å²) in [6.45, 7) is 0.268. The zero-order valence-corrected chi connectivity index (χ0v) is 12.4. The van der Waals surface area contributed by atoms with Gasteiger partial charge < -0.3 is 9.26 Å². The number of aromatic nitrogens is 1. The van der Waals surface area contributed by atoms with Crippen LogP contribution in [0.2, 0.25) is 10.0 Å².